The van der Waals surface area contributed by atoms with Crippen molar-refractivity contribution in [1.29, 1.82) is 0 Å². The highest BCUT2D eigenvalue weighted by molar-refractivity contribution is 7.15. The maximum atomic E-state index is 11.9. The number of anilines is 3. The van der Waals surface area contributed by atoms with E-state index in [9.17, 15) is 4.79 Å². The second-order valence-electron chi connectivity index (χ2n) is 6.38. The van der Waals surface area contributed by atoms with E-state index in [1.54, 1.807) is 17.5 Å². The average Bonchev–Trinajstić information content (AvgIpc) is 3.40. The second kappa shape index (κ2) is 6.84. The van der Waals surface area contributed by atoms with Gasteiger partial charge < -0.3 is 10.6 Å². The lowest BCUT2D eigenvalue weighted by atomic mass is 10.2. The van der Waals surface area contributed by atoms with Crippen LogP contribution in [0.2, 0.25) is 0 Å². The number of carbonyl (C=O) groups is 1. The number of benzene rings is 1. The van der Waals surface area contributed by atoms with Crippen LogP contribution in [0.3, 0.4) is 0 Å². The number of amides is 1. The maximum Gasteiger partial charge on any atom is 0.227 e. The summed E-state index contributed by atoms with van der Waals surface area (Å²) in [5.74, 6) is 0.785. The fourth-order valence-electron chi connectivity index (χ4n) is 2.71. The van der Waals surface area contributed by atoms with Gasteiger partial charge in [-0.1, -0.05) is 6.07 Å². The zero-order valence-corrected chi connectivity index (χ0v) is 15.4. The minimum Gasteiger partial charge on any atom is -0.326 e. The molecule has 0 radical (unpaired) electrons. The first-order chi connectivity index (χ1) is 12.6. The molecule has 0 unspecified atom stereocenters. The van der Waals surface area contributed by atoms with Gasteiger partial charge in [-0.05, 0) is 51.0 Å². The van der Waals surface area contributed by atoms with Crippen molar-refractivity contribution in [2.24, 2.45) is 5.92 Å². The van der Waals surface area contributed by atoms with E-state index in [0.29, 0.717) is 5.95 Å². The molecule has 2 N–H and O–H groups in total. The first-order valence-corrected chi connectivity index (χ1v) is 9.35. The van der Waals surface area contributed by atoms with E-state index in [0.717, 1.165) is 45.5 Å². The van der Waals surface area contributed by atoms with Gasteiger partial charge in [0.15, 0.2) is 0 Å². The summed E-state index contributed by atoms with van der Waals surface area (Å²) in [6.07, 6.45) is 3.71. The molecule has 0 atom stereocenters. The highest BCUT2D eigenvalue weighted by Crippen LogP contribution is 2.31. The van der Waals surface area contributed by atoms with Gasteiger partial charge in [-0.3, -0.25) is 4.79 Å². The third-order valence-electron chi connectivity index (χ3n) is 4.13. The Morgan fingerprint density at radius 2 is 1.96 bits per heavy atom. The summed E-state index contributed by atoms with van der Waals surface area (Å²) in [4.78, 5) is 26.3. The fraction of sp³-hybridized carbons (Fsp3) is 0.263. The molecule has 6 nitrogen and oxygen atoms in total. The van der Waals surface area contributed by atoms with Gasteiger partial charge in [0.1, 0.15) is 0 Å². The third kappa shape index (κ3) is 3.72. The van der Waals surface area contributed by atoms with E-state index in [2.05, 4.69) is 25.6 Å². The number of hydrogen-bond acceptors (Lipinski definition) is 6. The number of hydrogen-bond donors (Lipinski definition) is 2. The SMILES string of the molecule is Cc1nc(C)c(-c2ccnc(Nc3cccc(NC(=O)C4CC4)c3)n2)s1. The molecule has 0 bridgehead atoms. The van der Waals surface area contributed by atoms with Crippen molar-refractivity contribution >= 4 is 34.6 Å². The number of aromatic nitrogens is 3. The predicted octanol–water partition coefficient (Wildman–Crippen LogP) is 4.31. The van der Waals surface area contributed by atoms with Crippen LogP contribution in [0.15, 0.2) is 36.5 Å². The van der Waals surface area contributed by atoms with Gasteiger partial charge in [-0.2, -0.15) is 0 Å². The Morgan fingerprint density at radius 3 is 2.69 bits per heavy atom. The summed E-state index contributed by atoms with van der Waals surface area (Å²) >= 11 is 1.62. The molecule has 0 spiro atoms. The molecule has 26 heavy (non-hydrogen) atoms. The molecule has 2 aromatic heterocycles. The standard InChI is InChI=1S/C19H19N5OS/c1-11-17(26-12(2)21-11)16-8-9-20-19(24-16)23-15-5-3-4-14(10-15)22-18(25)13-6-7-13/h3-5,8-10,13H,6-7H2,1-2H3,(H,22,25)(H,20,23,24). The number of nitrogens with zero attached hydrogens (tertiary/aromatic N) is 3. The van der Waals surface area contributed by atoms with Crippen molar-refractivity contribution < 1.29 is 4.79 Å². The molecule has 1 aliphatic carbocycles. The molecule has 3 aromatic rings. The fourth-order valence-corrected chi connectivity index (χ4v) is 3.60. The van der Waals surface area contributed by atoms with Crippen molar-refractivity contribution in [3.63, 3.8) is 0 Å². The van der Waals surface area contributed by atoms with Gasteiger partial charge in [0.25, 0.3) is 0 Å². The number of aryl methyl sites for hydroxylation is 2. The van der Waals surface area contributed by atoms with Gasteiger partial charge in [0.05, 0.1) is 21.3 Å². The highest BCUT2D eigenvalue weighted by Gasteiger charge is 2.29. The lowest BCUT2D eigenvalue weighted by Crippen LogP contribution is -2.13. The van der Waals surface area contributed by atoms with Gasteiger partial charge in [-0.25, -0.2) is 15.0 Å². The summed E-state index contributed by atoms with van der Waals surface area (Å²) in [7, 11) is 0. The second-order valence-corrected chi connectivity index (χ2v) is 7.59. The summed E-state index contributed by atoms with van der Waals surface area (Å²) in [5, 5.41) is 7.18. The van der Waals surface area contributed by atoms with Crippen LogP contribution in [-0.4, -0.2) is 20.9 Å². The molecule has 2 heterocycles. The minimum atomic E-state index is 0.0939. The van der Waals surface area contributed by atoms with Crippen LogP contribution in [0, 0.1) is 19.8 Å². The van der Waals surface area contributed by atoms with E-state index in [-0.39, 0.29) is 11.8 Å². The summed E-state index contributed by atoms with van der Waals surface area (Å²) in [5.41, 5.74) is 3.43. The van der Waals surface area contributed by atoms with Crippen molar-refractivity contribution in [2.45, 2.75) is 26.7 Å². The van der Waals surface area contributed by atoms with Crippen LogP contribution in [0.1, 0.15) is 23.5 Å². The molecule has 1 saturated carbocycles. The Kier molecular flexibility index (Phi) is 4.38. The zero-order valence-electron chi connectivity index (χ0n) is 14.6. The molecule has 132 valence electrons. The Bertz CT molecular complexity index is 964. The monoisotopic (exact) mass is 365 g/mol. The van der Waals surface area contributed by atoms with E-state index in [4.69, 9.17) is 0 Å². The normalized spacial score (nSPS) is 13.5. The van der Waals surface area contributed by atoms with E-state index in [1.165, 1.54) is 0 Å². The van der Waals surface area contributed by atoms with Crippen LogP contribution in [0.5, 0.6) is 0 Å². The summed E-state index contributed by atoms with van der Waals surface area (Å²) in [6, 6.07) is 9.47. The maximum absolute atomic E-state index is 11.9. The number of nitrogens with one attached hydrogen (secondary N) is 2. The first kappa shape index (κ1) is 16.7. The van der Waals surface area contributed by atoms with Crippen LogP contribution in [0.25, 0.3) is 10.6 Å². The van der Waals surface area contributed by atoms with E-state index >= 15 is 0 Å². The molecule has 1 amide bonds. The van der Waals surface area contributed by atoms with Crippen molar-refractivity contribution in [3.8, 4) is 10.6 Å². The first-order valence-electron chi connectivity index (χ1n) is 8.54. The molecular weight excluding hydrogens is 346 g/mol. The molecule has 0 aliphatic heterocycles. The number of rotatable bonds is 5. The third-order valence-corrected chi connectivity index (χ3v) is 5.22. The van der Waals surface area contributed by atoms with Crippen molar-refractivity contribution in [2.75, 3.05) is 10.6 Å². The van der Waals surface area contributed by atoms with Crippen LogP contribution < -0.4 is 10.6 Å². The highest BCUT2D eigenvalue weighted by atomic mass is 32.1. The lowest BCUT2D eigenvalue weighted by molar-refractivity contribution is -0.117. The van der Waals surface area contributed by atoms with Crippen LogP contribution in [0.4, 0.5) is 17.3 Å². The van der Waals surface area contributed by atoms with Gasteiger partial charge in [0, 0.05) is 23.5 Å². The predicted molar refractivity (Wildman–Crippen MR) is 104 cm³/mol. The van der Waals surface area contributed by atoms with E-state index in [1.807, 2.05) is 44.2 Å². The largest absolute Gasteiger partial charge is 0.326 e. The molecule has 0 saturated heterocycles. The number of carbonyl (C=O) groups excluding carboxylic acids is 1. The molecule has 1 aliphatic rings. The minimum absolute atomic E-state index is 0.0939. The summed E-state index contributed by atoms with van der Waals surface area (Å²) < 4.78 is 0. The topological polar surface area (TPSA) is 79.8 Å². The number of thiazole rings is 1. The Balaban J connectivity index is 1.53. The lowest BCUT2D eigenvalue weighted by Gasteiger charge is -2.09. The van der Waals surface area contributed by atoms with Crippen LogP contribution in [-0.2, 0) is 4.79 Å². The molecule has 7 heteroatoms. The Labute approximate surface area is 155 Å². The van der Waals surface area contributed by atoms with Crippen molar-refractivity contribution in [1.82, 2.24) is 15.0 Å². The van der Waals surface area contributed by atoms with Gasteiger partial charge in [-0.15, -0.1) is 11.3 Å². The molecule has 1 aromatic carbocycles. The Morgan fingerprint density at radius 1 is 1.15 bits per heavy atom. The van der Waals surface area contributed by atoms with E-state index < -0.39 is 0 Å². The molecule has 1 fully saturated rings. The smallest absolute Gasteiger partial charge is 0.227 e. The molecular formula is C19H19N5OS. The zero-order chi connectivity index (χ0) is 18.1. The average molecular weight is 365 g/mol. The quantitative estimate of drug-likeness (QED) is 0.704. The molecule has 4 rings (SSSR count). The van der Waals surface area contributed by atoms with Crippen LogP contribution >= 0.6 is 11.3 Å². The van der Waals surface area contributed by atoms with Gasteiger partial charge in [0.2, 0.25) is 11.9 Å². The van der Waals surface area contributed by atoms with Crippen molar-refractivity contribution in [3.05, 3.63) is 47.2 Å². The van der Waals surface area contributed by atoms with Gasteiger partial charge >= 0.3 is 0 Å². The Hall–Kier alpha value is -2.80. The summed E-state index contributed by atoms with van der Waals surface area (Å²) in [6.45, 7) is 3.98.